The van der Waals surface area contributed by atoms with E-state index in [4.69, 9.17) is 0 Å². The van der Waals surface area contributed by atoms with Gasteiger partial charge in [0, 0.05) is 6.54 Å². The van der Waals surface area contributed by atoms with Gasteiger partial charge in [0.15, 0.2) is 9.84 Å². The van der Waals surface area contributed by atoms with Gasteiger partial charge in [-0.2, -0.15) is 0 Å². The van der Waals surface area contributed by atoms with Crippen molar-refractivity contribution in [2.24, 2.45) is 0 Å². The molecule has 0 saturated carbocycles. The molecular formula is C24H25NO3S. The van der Waals surface area contributed by atoms with Crippen LogP contribution in [0.1, 0.15) is 22.7 Å². The summed E-state index contributed by atoms with van der Waals surface area (Å²) in [5.74, 6) is -0.212. The Morgan fingerprint density at radius 2 is 1.28 bits per heavy atom. The van der Waals surface area contributed by atoms with Crippen molar-refractivity contribution in [3.8, 4) is 0 Å². The summed E-state index contributed by atoms with van der Waals surface area (Å²) in [5.41, 5.74) is 3.23. The second kappa shape index (κ2) is 8.49. The van der Waals surface area contributed by atoms with E-state index in [0.29, 0.717) is 6.54 Å². The lowest BCUT2D eigenvalue weighted by Crippen LogP contribution is -2.45. The molecule has 1 fully saturated rings. The monoisotopic (exact) mass is 407 g/mol. The van der Waals surface area contributed by atoms with Gasteiger partial charge in [-0.3, -0.25) is 4.90 Å². The predicted molar refractivity (Wildman–Crippen MR) is 115 cm³/mol. The molecule has 0 bridgehead atoms. The highest BCUT2D eigenvalue weighted by Crippen LogP contribution is 2.35. The second-order valence-electron chi connectivity index (χ2n) is 7.59. The molecule has 0 unspecified atom stereocenters. The molecule has 5 heteroatoms. The Balaban J connectivity index is 1.82. The Bertz CT molecular complexity index is 984. The highest BCUT2D eigenvalue weighted by atomic mass is 32.2. The van der Waals surface area contributed by atoms with Crippen LogP contribution in [0.5, 0.6) is 0 Å². The Kier molecular flexibility index (Phi) is 5.81. The van der Waals surface area contributed by atoms with Crippen molar-refractivity contribution in [1.82, 2.24) is 4.90 Å². The zero-order chi connectivity index (χ0) is 20.3. The molecule has 0 radical (unpaired) electrons. The largest absolute Gasteiger partial charge is 0.390 e. The van der Waals surface area contributed by atoms with Gasteiger partial charge in [0.1, 0.15) is 0 Å². The van der Waals surface area contributed by atoms with Gasteiger partial charge in [-0.15, -0.1) is 0 Å². The third-order valence-corrected chi connectivity index (χ3v) is 7.19. The van der Waals surface area contributed by atoms with E-state index in [2.05, 4.69) is 29.2 Å². The van der Waals surface area contributed by atoms with E-state index in [9.17, 15) is 13.5 Å². The van der Waals surface area contributed by atoms with Crippen molar-refractivity contribution in [2.75, 3.05) is 11.5 Å². The van der Waals surface area contributed by atoms with Crippen LogP contribution in [0.2, 0.25) is 0 Å². The Labute approximate surface area is 172 Å². The smallest absolute Gasteiger partial charge is 0.154 e. The topological polar surface area (TPSA) is 57.6 Å². The Morgan fingerprint density at radius 1 is 0.793 bits per heavy atom. The maximum Gasteiger partial charge on any atom is 0.154 e. The summed E-state index contributed by atoms with van der Waals surface area (Å²) < 4.78 is 24.6. The molecule has 1 saturated heterocycles. The first-order valence-electron chi connectivity index (χ1n) is 9.81. The van der Waals surface area contributed by atoms with E-state index in [1.54, 1.807) is 0 Å². The highest BCUT2D eigenvalue weighted by molar-refractivity contribution is 7.91. The average molecular weight is 408 g/mol. The molecule has 1 aliphatic rings. The average Bonchev–Trinajstić information content (AvgIpc) is 3.02. The maximum absolute atomic E-state index is 12.3. The summed E-state index contributed by atoms with van der Waals surface area (Å²) >= 11 is 0. The quantitative estimate of drug-likeness (QED) is 0.680. The molecule has 0 amide bonds. The van der Waals surface area contributed by atoms with Gasteiger partial charge < -0.3 is 5.11 Å². The molecule has 29 heavy (non-hydrogen) atoms. The van der Waals surface area contributed by atoms with Crippen LogP contribution < -0.4 is 0 Å². The third-order valence-electron chi connectivity index (χ3n) is 5.49. The van der Waals surface area contributed by atoms with E-state index in [1.807, 2.05) is 66.7 Å². The van der Waals surface area contributed by atoms with E-state index < -0.39 is 22.0 Å². The van der Waals surface area contributed by atoms with Gasteiger partial charge in [-0.05, 0) is 16.7 Å². The van der Waals surface area contributed by atoms with Gasteiger partial charge in [0.2, 0.25) is 0 Å². The zero-order valence-corrected chi connectivity index (χ0v) is 16.9. The fourth-order valence-corrected chi connectivity index (χ4v) is 5.98. The normalized spacial score (nSPS) is 20.9. The minimum atomic E-state index is -3.27. The van der Waals surface area contributed by atoms with Crippen molar-refractivity contribution in [3.63, 3.8) is 0 Å². The van der Waals surface area contributed by atoms with E-state index >= 15 is 0 Å². The van der Waals surface area contributed by atoms with Crippen LogP contribution in [-0.2, 0) is 16.4 Å². The highest BCUT2D eigenvalue weighted by Gasteiger charge is 2.42. The van der Waals surface area contributed by atoms with Crippen molar-refractivity contribution in [1.29, 1.82) is 0 Å². The van der Waals surface area contributed by atoms with Crippen LogP contribution >= 0.6 is 0 Å². The minimum Gasteiger partial charge on any atom is -0.390 e. The van der Waals surface area contributed by atoms with Crippen LogP contribution in [-0.4, -0.2) is 42.1 Å². The summed E-state index contributed by atoms with van der Waals surface area (Å²) in [5, 5.41) is 10.7. The summed E-state index contributed by atoms with van der Waals surface area (Å²) in [6, 6.07) is 29.5. The number of rotatable bonds is 6. The number of nitrogens with zero attached hydrogens (tertiary/aromatic N) is 1. The van der Waals surface area contributed by atoms with Gasteiger partial charge in [0.05, 0.1) is 29.7 Å². The molecule has 0 aromatic heterocycles. The number of sulfone groups is 1. The summed E-state index contributed by atoms with van der Waals surface area (Å²) in [6.45, 7) is 0.548. The molecule has 3 aromatic rings. The number of hydrogen-bond donors (Lipinski definition) is 1. The fraction of sp³-hybridized carbons (Fsp3) is 0.250. The molecular weight excluding hydrogens is 382 g/mol. The summed E-state index contributed by atoms with van der Waals surface area (Å²) in [7, 11) is -3.27. The molecule has 2 atom stereocenters. The Hall–Kier alpha value is -2.47. The van der Waals surface area contributed by atoms with E-state index in [-0.39, 0.29) is 17.5 Å². The first kappa shape index (κ1) is 19.8. The van der Waals surface area contributed by atoms with Crippen LogP contribution in [0.15, 0.2) is 91.0 Å². The van der Waals surface area contributed by atoms with Crippen LogP contribution in [0.25, 0.3) is 0 Å². The van der Waals surface area contributed by atoms with E-state index in [0.717, 1.165) is 16.7 Å². The van der Waals surface area contributed by atoms with Gasteiger partial charge in [-0.1, -0.05) is 91.0 Å². The molecule has 0 spiro atoms. The Morgan fingerprint density at radius 3 is 1.72 bits per heavy atom. The molecule has 3 aromatic carbocycles. The SMILES string of the molecule is O=S1(=O)C[C@@H](O)[C@H](N(Cc2ccccc2)C(c2ccccc2)c2ccccc2)C1. The molecule has 1 heterocycles. The van der Waals surface area contributed by atoms with Crippen molar-refractivity contribution in [2.45, 2.75) is 24.7 Å². The maximum atomic E-state index is 12.3. The molecule has 1 N–H and O–H groups in total. The third kappa shape index (κ3) is 4.58. The minimum absolute atomic E-state index is 0.0306. The zero-order valence-electron chi connectivity index (χ0n) is 16.1. The number of hydrogen-bond acceptors (Lipinski definition) is 4. The lowest BCUT2D eigenvalue weighted by atomic mass is 9.94. The predicted octanol–water partition coefficient (Wildman–Crippen LogP) is 3.44. The van der Waals surface area contributed by atoms with Gasteiger partial charge in [0.25, 0.3) is 0 Å². The molecule has 4 rings (SSSR count). The van der Waals surface area contributed by atoms with Crippen molar-refractivity contribution in [3.05, 3.63) is 108 Å². The van der Waals surface area contributed by atoms with Gasteiger partial charge >= 0.3 is 0 Å². The number of aliphatic hydroxyl groups is 1. The van der Waals surface area contributed by atoms with E-state index in [1.165, 1.54) is 0 Å². The fourth-order valence-electron chi connectivity index (χ4n) is 4.17. The van der Waals surface area contributed by atoms with Crippen LogP contribution in [0, 0.1) is 0 Å². The van der Waals surface area contributed by atoms with Crippen LogP contribution in [0.3, 0.4) is 0 Å². The molecule has 1 aliphatic heterocycles. The second-order valence-corrected chi connectivity index (χ2v) is 9.75. The lowest BCUT2D eigenvalue weighted by Gasteiger charge is -2.38. The van der Waals surface area contributed by atoms with Crippen LogP contribution in [0.4, 0.5) is 0 Å². The summed E-state index contributed by atoms with van der Waals surface area (Å²) in [4.78, 5) is 2.15. The van der Waals surface area contributed by atoms with Gasteiger partial charge in [-0.25, -0.2) is 8.42 Å². The number of benzene rings is 3. The molecule has 150 valence electrons. The standard InChI is InChI=1S/C24H25NO3S/c26-23-18-29(27,28)17-22(23)25(16-19-10-4-1-5-11-19)24(20-12-6-2-7-13-20)21-14-8-3-9-15-21/h1-15,22-24,26H,16-18H2/t22-,23-/m1/s1. The molecule has 0 aliphatic carbocycles. The van der Waals surface area contributed by atoms with Crippen molar-refractivity contribution >= 4 is 9.84 Å². The van der Waals surface area contributed by atoms with Crippen molar-refractivity contribution < 1.29 is 13.5 Å². The first-order valence-corrected chi connectivity index (χ1v) is 11.6. The summed E-state index contributed by atoms with van der Waals surface area (Å²) in [6.07, 6.45) is -0.904. The first-order chi connectivity index (χ1) is 14.0. The lowest BCUT2D eigenvalue weighted by molar-refractivity contribution is 0.0582. The number of aliphatic hydroxyl groups excluding tert-OH is 1. The molecule has 4 nitrogen and oxygen atoms in total.